The van der Waals surface area contributed by atoms with Crippen LogP contribution in [-0.4, -0.2) is 11.6 Å². The highest BCUT2D eigenvalue weighted by Crippen LogP contribution is 2.22. The van der Waals surface area contributed by atoms with E-state index in [1.54, 1.807) is 18.2 Å². The van der Waals surface area contributed by atoms with E-state index in [2.05, 4.69) is 4.98 Å². The fourth-order valence-corrected chi connectivity index (χ4v) is 2.30. The lowest BCUT2D eigenvalue weighted by atomic mass is 10.1. The molecular weight excluding hydrogens is 226 g/mol. The third-order valence-electron chi connectivity index (χ3n) is 2.92. The molecule has 0 aliphatic carbocycles. The monoisotopic (exact) mass is 235 g/mol. The number of pyridine rings is 1. The number of H-pyrrole nitrogens is 1. The maximum absolute atomic E-state index is 12.2. The van der Waals surface area contributed by atoms with Crippen molar-refractivity contribution in [3.05, 3.63) is 44.7 Å². The van der Waals surface area contributed by atoms with Crippen molar-refractivity contribution in [1.82, 2.24) is 4.98 Å². The number of ether oxygens (including phenoxy) is 1. The Kier molecular flexibility index (Phi) is 2.23. The molecule has 0 spiro atoms. The Balaban J connectivity index is 2.44. The Morgan fingerprint density at radius 3 is 3.12 bits per heavy atom. The topological polar surface area (TPSA) is 42.1 Å². The first kappa shape index (κ1) is 9.87. The van der Waals surface area contributed by atoms with Crippen LogP contribution in [0.5, 0.6) is 0 Å². The van der Waals surface area contributed by atoms with Crippen LogP contribution in [-0.2, 0) is 17.8 Å². The molecule has 3 nitrogen and oxygen atoms in total. The molecule has 3 rings (SSSR count). The normalized spacial score (nSPS) is 15.1. The number of rotatable bonds is 0. The highest BCUT2D eigenvalue weighted by atomic mass is 35.5. The second-order valence-corrected chi connectivity index (χ2v) is 4.28. The summed E-state index contributed by atoms with van der Waals surface area (Å²) in [4.78, 5) is 15.4. The average Bonchev–Trinajstić information content (AvgIpc) is 2.31. The zero-order valence-corrected chi connectivity index (χ0v) is 9.30. The van der Waals surface area contributed by atoms with Gasteiger partial charge in [-0.2, -0.15) is 0 Å². The van der Waals surface area contributed by atoms with Gasteiger partial charge in [0.2, 0.25) is 0 Å². The molecule has 1 aromatic carbocycles. The molecule has 16 heavy (non-hydrogen) atoms. The van der Waals surface area contributed by atoms with Crippen LogP contribution in [0.25, 0.3) is 10.9 Å². The first-order valence-corrected chi connectivity index (χ1v) is 5.55. The standard InChI is InChI=1S/C12H10ClNO2/c13-9-3-1-2-7-11(9)14-10-4-5-16-6-8(10)12(7)15/h1-3H,4-6H2,(H,14,15). The highest BCUT2D eigenvalue weighted by molar-refractivity contribution is 6.35. The highest BCUT2D eigenvalue weighted by Gasteiger charge is 2.16. The van der Waals surface area contributed by atoms with Crippen molar-refractivity contribution in [2.75, 3.05) is 6.61 Å². The molecule has 1 aliphatic rings. The number of aromatic amines is 1. The first-order valence-electron chi connectivity index (χ1n) is 5.17. The molecular formula is C12H10ClNO2. The summed E-state index contributed by atoms with van der Waals surface area (Å²) >= 11 is 6.07. The summed E-state index contributed by atoms with van der Waals surface area (Å²) in [6.45, 7) is 1.05. The summed E-state index contributed by atoms with van der Waals surface area (Å²) in [7, 11) is 0. The summed E-state index contributed by atoms with van der Waals surface area (Å²) in [5, 5.41) is 1.22. The zero-order valence-electron chi connectivity index (χ0n) is 8.55. The van der Waals surface area contributed by atoms with E-state index in [1.807, 2.05) is 0 Å². The number of fused-ring (bicyclic) bond motifs is 2. The van der Waals surface area contributed by atoms with E-state index in [0.717, 1.165) is 23.2 Å². The Hall–Kier alpha value is -1.32. The van der Waals surface area contributed by atoms with E-state index in [4.69, 9.17) is 16.3 Å². The van der Waals surface area contributed by atoms with Crippen LogP contribution in [0.2, 0.25) is 5.02 Å². The molecule has 0 saturated heterocycles. The average molecular weight is 236 g/mol. The third kappa shape index (κ3) is 1.36. The molecule has 2 heterocycles. The van der Waals surface area contributed by atoms with Crippen LogP contribution >= 0.6 is 11.6 Å². The minimum absolute atomic E-state index is 0.0333. The van der Waals surface area contributed by atoms with Crippen LogP contribution in [0.15, 0.2) is 23.0 Å². The zero-order chi connectivity index (χ0) is 11.1. The molecule has 0 amide bonds. The molecule has 1 aromatic heterocycles. The lowest BCUT2D eigenvalue weighted by Gasteiger charge is -2.16. The summed E-state index contributed by atoms with van der Waals surface area (Å²) in [6, 6.07) is 5.36. The summed E-state index contributed by atoms with van der Waals surface area (Å²) < 4.78 is 5.30. The van der Waals surface area contributed by atoms with E-state index >= 15 is 0 Å². The van der Waals surface area contributed by atoms with Gasteiger partial charge < -0.3 is 9.72 Å². The molecule has 4 heteroatoms. The van der Waals surface area contributed by atoms with Gasteiger partial charge in [-0.15, -0.1) is 0 Å². The second-order valence-electron chi connectivity index (χ2n) is 3.88. The minimum Gasteiger partial charge on any atom is -0.376 e. The summed E-state index contributed by atoms with van der Waals surface area (Å²) in [5.41, 5.74) is 2.46. The quantitative estimate of drug-likeness (QED) is 0.761. The van der Waals surface area contributed by atoms with Crippen molar-refractivity contribution in [1.29, 1.82) is 0 Å². The lowest BCUT2D eigenvalue weighted by Crippen LogP contribution is -2.21. The van der Waals surface area contributed by atoms with Gasteiger partial charge in [-0.25, -0.2) is 0 Å². The van der Waals surface area contributed by atoms with Gasteiger partial charge in [0.15, 0.2) is 5.43 Å². The fourth-order valence-electron chi connectivity index (χ4n) is 2.08. The maximum atomic E-state index is 12.2. The van der Waals surface area contributed by atoms with E-state index in [-0.39, 0.29) is 5.43 Å². The number of para-hydroxylation sites is 1. The number of aromatic nitrogens is 1. The number of halogens is 1. The van der Waals surface area contributed by atoms with Crippen molar-refractivity contribution in [3.63, 3.8) is 0 Å². The SMILES string of the molecule is O=c1c2c([nH]c3c(Cl)cccc13)CCOC2. The Morgan fingerprint density at radius 2 is 2.25 bits per heavy atom. The predicted octanol–water partition coefficient (Wildman–Crippen LogP) is 2.25. The smallest absolute Gasteiger partial charge is 0.195 e. The van der Waals surface area contributed by atoms with Crippen molar-refractivity contribution in [2.45, 2.75) is 13.0 Å². The van der Waals surface area contributed by atoms with Gasteiger partial charge in [-0.3, -0.25) is 4.79 Å². The molecule has 82 valence electrons. The van der Waals surface area contributed by atoms with Crippen molar-refractivity contribution in [2.24, 2.45) is 0 Å². The molecule has 0 fully saturated rings. The Labute approximate surface area is 97.0 Å². The second kappa shape index (κ2) is 3.61. The van der Waals surface area contributed by atoms with Crippen molar-refractivity contribution < 1.29 is 4.74 Å². The number of hydrogen-bond acceptors (Lipinski definition) is 2. The van der Waals surface area contributed by atoms with Gasteiger partial charge in [0.25, 0.3) is 0 Å². The Bertz CT molecular complexity index is 618. The van der Waals surface area contributed by atoms with Gasteiger partial charge in [-0.1, -0.05) is 17.7 Å². The molecule has 0 atom stereocenters. The van der Waals surface area contributed by atoms with E-state index in [0.29, 0.717) is 23.6 Å². The van der Waals surface area contributed by atoms with E-state index < -0.39 is 0 Å². The number of nitrogens with one attached hydrogen (secondary N) is 1. The van der Waals surface area contributed by atoms with E-state index in [9.17, 15) is 4.79 Å². The molecule has 1 N–H and O–H groups in total. The third-order valence-corrected chi connectivity index (χ3v) is 3.23. The molecule has 2 aromatic rings. The summed E-state index contributed by atoms with van der Waals surface area (Å²) in [5.74, 6) is 0. The van der Waals surface area contributed by atoms with Gasteiger partial charge in [0.1, 0.15) is 0 Å². The van der Waals surface area contributed by atoms with Crippen molar-refractivity contribution >= 4 is 22.5 Å². The first-order chi connectivity index (χ1) is 7.77. The van der Waals surface area contributed by atoms with Crippen LogP contribution in [0.3, 0.4) is 0 Å². The lowest BCUT2D eigenvalue weighted by molar-refractivity contribution is 0.109. The minimum atomic E-state index is 0.0333. The van der Waals surface area contributed by atoms with Crippen LogP contribution < -0.4 is 5.43 Å². The molecule has 0 bridgehead atoms. The van der Waals surface area contributed by atoms with Gasteiger partial charge >= 0.3 is 0 Å². The fraction of sp³-hybridized carbons (Fsp3) is 0.250. The van der Waals surface area contributed by atoms with Crippen LogP contribution in [0, 0.1) is 0 Å². The van der Waals surface area contributed by atoms with Gasteiger partial charge in [0, 0.05) is 23.1 Å². The van der Waals surface area contributed by atoms with Crippen LogP contribution in [0.1, 0.15) is 11.3 Å². The Morgan fingerprint density at radius 1 is 1.38 bits per heavy atom. The molecule has 0 saturated carbocycles. The number of hydrogen-bond donors (Lipinski definition) is 1. The molecule has 0 unspecified atom stereocenters. The maximum Gasteiger partial charge on any atom is 0.195 e. The number of benzene rings is 1. The van der Waals surface area contributed by atoms with Gasteiger partial charge in [-0.05, 0) is 12.1 Å². The summed E-state index contributed by atoms with van der Waals surface area (Å²) in [6.07, 6.45) is 0.742. The van der Waals surface area contributed by atoms with Gasteiger partial charge in [0.05, 0.1) is 23.8 Å². The molecule has 0 radical (unpaired) electrons. The molecule has 1 aliphatic heterocycles. The predicted molar refractivity (Wildman–Crippen MR) is 62.9 cm³/mol. The largest absolute Gasteiger partial charge is 0.376 e. The van der Waals surface area contributed by atoms with Crippen LogP contribution in [0.4, 0.5) is 0 Å². The van der Waals surface area contributed by atoms with E-state index in [1.165, 1.54) is 0 Å². The van der Waals surface area contributed by atoms with Crippen molar-refractivity contribution in [3.8, 4) is 0 Å².